The number of halogens is 3. The minimum absolute atomic E-state index is 0.0182. The summed E-state index contributed by atoms with van der Waals surface area (Å²) in [6.45, 7) is 3.33. The van der Waals surface area contributed by atoms with E-state index in [1.165, 1.54) is 17.9 Å². The highest BCUT2D eigenvalue weighted by Crippen LogP contribution is 2.37. The topological polar surface area (TPSA) is 102 Å². The molecule has 0 aromatic carbocycles. The number of alkyl halides is 3. The van der Waals surface area contributed by atoms with E-state index in [0.717, 1.165) is 29.7 Å². The molecule has 0 amide bonds. The van der Waals surface area contributed by atoms with E-state index < -0.39 is 18.0 Å². The normalized spacial score (nSPS) is 22.4. The Labute approximate surface area is 228 Å². The van der Waals surface area contributed by atoms with Crippen LogP contribution in [-0.4, -0.2) is 79.0 Å². The molecule has 2 N–H and O–H groups in total. The van der Waals surface area contributed by atoms with Crippen molar-refractivity contribution in [3.05, 3.63) is 54.2 Å². The fourth-order valence-electron chi connectivity index (χ4n) is 5.51. The van der Waals surface area contributed by atoms with Crippen molar-refractivity contribution in [2.45, 2.75) is 50.2 Å². The number of hydrogen-bond donors (Lipinski definition) is 2. The third kappa shape index (κ3) is 5.11. The van der Waals surface area contributed by atoms with Crippen molar-refractivity contribution >= 4 is 17.0 Å². The molecule has 212 valence electrons. The van der Waals surface area contributed by atoms with Crippen LogP contribution in [0.4, 0.5) is 24.7 Å². The van der Waals surface area contributed by atoms with Gasteiger partial charge in [0.15, 0.2) is 11.9 Å². The molecule has 2 aliphatic heterocycles. The number of ether oxygens (including phenoxy) is 2. The molecule has 6 rings (SSSR count). The van der Waals surface area contributed by atoms with Crippen molar-refractivity contribution in [3.63, 3.8) is 0 Å². The molecule has 0 radical (unpaired) electrons. The molecule has 4 aromatic rings. The number of aryl methyl sites for hydroxylation is 2. The van der Waals surface area contributed by atoms with E-state index in [2.05, 4.69) is 32.4 Å². The number of nitrogens with one attached hydrogen (secondary N) is 1. The summed E-state index contributed by atoms with van der Waals surface area (Å²) in [5, 5.41) is 20.9. The Bertz CT molecular complexity index is 1520. The molecule has 4 atom stereocenters. The Balaban J connectivity index is 1.27. The van der Waals surface area contributed by atoms with Crippen LogP contribution in [0.25, 0.3) is 16.6 Å². The van der Waals surface area contributed by atoms with E-state index in [1.807, 2.05) is 25.1 Å². The summed E-state index contributed by atoms with van der Waals surface area (Å²) in [6, 6.07) is 8.19. The van der Waals surface area contributed by atoms with Gasteiger partial charge in [-0.1, -0.05) is 0 Å². The van der Waals surface area contributed by atoms with Crippen LogP contribution in [0.2, 0.25) is 0 Å². The number of aliphatic hydroxyl groups excluding tert-OH is 1. The van der Waals surface area contributed by atoms with Crippen molar-refractivity contribution in [2.24, 2.45) is 7.05 Å². The molecule has 10 nitrogen and oxygen atoms in total. The first-order chi connectivity index (χ1) is 19.0. The number of nitrogens with zero attached hydrogens (tertiary/aromatic N) is 6. The van der Waals surface area contributed by atoms with Crippen LogP contribution in [-0.2, 0) is 11.8 Å². The maximum Gasteiger partial charge on any atom is 0.420 e. The van der Waals surface area contributed by atoms with Gasteiger partial charge >= 0.3 is 6.18 Å². The molecular weight excluding hydrogens is 527 g/mol. The van der Waals surface area contributed by atoms with Crippen LogP contribution < -0.4 is 10.1 Å². The minimum atomic E-state index is -4.85. The number of fused-ring (bicyclic) bond motifs is 3. The van der Waals surface area contributed by atoms with E-state index >= 15 is 0 Å². The Morgan fingerprint density at radius 3 is 2.60 bits per heavy atom. The second-order valence-corrected chi connectivity index (χ2v) is 10.5. The molecule has 0 saturated carbocycles. The first kappa shape index (κ1) is 26.5. The average molecular weight is 558 g/mol. The minimum Gasteiger partial charge on any atom is -0.488 e. The Morgan fingerprint density at radius 2 is 1.88 bits per heavy atom. The largest absolute Gasteiger partial charge is 0.488 e. The molecule has 2 fully saturated rings. The maximum absolute atomic E-state index is 13.2. The summed E-state index contributed by atoms with van der Waals surface area (Å²) in [7, 11) is 3.63. The first-order valence-corrected chi connectivity index (χ1v) is 13.0. The Hall–Kier alpha value is -3.68. The number of aromatic nitrogens is 5. The van der Waals surface area contributed by atoms with Crippen molar-refractivity contribution in [2.75, 3.05) is 25.6 Å². The molecule has 13 heteroatoms. The van der Waals surface area contributed by atoms with Crippen LogP contribution in [0.1, 0.15) is 30.3 Å². The standard InChI is InChI=1S/C27H30F3N7O3/c1-15-6-21(23(11-31-15)40-20-8-18-13-39-14-19(9-20)36(18)3)16-4-5-37-17(7-16)10-24(33-37)32-22-12-35(2)34-25(22)26(38)27(28,29)30/h4-7,10-12,18-20,26,38H,8-9,13-14H2,1-3H3,(H,32,33)/t18-,19+,20?,26?. The van der Waals surface area contributed by atoms with Gasteiger partial charge in [-0.05, 0) is 37.7 Å². The summed E-state index contributed by atoms with van der Waals surface area (Å²) in [6.07, 6.45) is -0.862. The lowest BCUT2D eigenvalue weighted by molar-refractivity contribution is -0.207. The quantitative estimate of drug-likeness (QED) is 0.367. The maximum atomic E-state index is 13.2. The molecular formula is C27H30F3N7O3. The molecule has 0 spiro atoms. The van der Waals surface area contributed by atoms with Crippen LogP contribution in [0, 0.1) is 6.92 Å². The fraction of sp³-hybridized carbons (Fsp3) is 0.444. The molecule has 40 heavy (non-hydrogen) atoms. The van der Waals surface area contributed by atoms with Gasteiger partial charge in [0.25, 0.3) is 0 Å². The van der Waals surface area contributed by atoms with E-state index in [9.17, 15) is 18.3 Å². The second-order valence-electron chi connectivity index (χ2n) is 10.5. The van der Waals surface area contributed by atoms with E-state index in [0.29, 0.717) is 42.4 Å². The van der Waals surface area contributed by atoms with E-state index in [-0.39, 0.29) is 11.8 Å². The van der Waals surface area contributed by atoms with Crippen LogP contribution in [0.15, 0.2) is 42.9 Å². The Kier molecular flexibility index (Phi) is 6.67. The highest BCUT2D eigenvalue weighted by molar-refractivity contribution is 5.75. The Morgan fingerprint density at radius 1 is 1.12 bits per heavy atom. The number of morpholine rings is 1. The molecule has 2 unspecified atom stereocenters. The lowest BCUT2D eigenvalue weighted by atomic mass is 9.92. The van der Waals surface area contributed by atoms with Crippen molar-refractivity contribution < 1.29 is 27.8 Å². The molecule has 4 aromatic heterocycles. The van der Waals surface area contributed by atoms with Crippen molar-refractivity contribution in [1.82, 2.24) is 29.3 Å². The van der Waals surface area contributed by atoms with Crippen LogP contribution in [0.5, 0.6) is 5.75 Å². The molecule has 6 heterocycles. The van der Waals surface area contributed by atoms with Gasteiger partial charge < -0.3 is 19.9 Å². The van der Waals surface area contributed by atoms with Gasteiger partial charge in [0, 0.05) is 61.7 Å². The number of likely N-dealkylation sites (N-methyl/N-ethyl adjacent to an activating group) is 1. The number of piperidine rings is 1. The highest BCUT2D eigenvalue weighted by Gasteiger charge is 2.42. The predicted molar refractivity (Wildman–Crippen MR) is 140 cm³/mol. The van der Waals surface area contributed by atoms with Crippen LogP contribution >= 0.6 is 0 Å². The summed E-state index contributed by atoms with van der Waals surface area (Å²) in [4.78, 5) is 6.86. The average Bonchev–Trinajstić information content (AvgIpc) is 3.46. The molecule has 0 aliphatic carbocycles. The first-order valence-electron chi connectivity index (χ1n) is 13.0. The van der Waals surface area contributed by atoms with E-state index in [1.54, 1.807) is 23.0 Å². The van der Waals surface area contributed by atoms with Gasteiger partial charge in [-0.3, -0.25) is 14.6 Å². The van der Waals surface area contributed by atoms with Gasteiger partial charge in [-0.2, -0.15) is 23.4 Å². The number of hydrogen-bond acceptors (Lipinski definition) is 8. The zero-order valence-electron chi connectivity index (χ0n) is 22.3. The van der Waals surface area contributed by atoms with Gasteiger partial charge in [0.2, 0.25) is 0 Å². The third-order valence-electron chi connectivity index (χ3n) is 7.60. The summed E-state index contributed by atoms with van der Waals surface area (Å²) >= 11 is 0. The SMILES string of the molecule is Cc1cc(-c2ccn3nc(Nc4cn(C)nc4C(O)C(F)(F)F)cc3c2)c(OC2C[C@H]3COC[C@@H](C2)N3C)cn1. The highest BCUT2D eigenvalue weighted by atomic mass is 19.4. The summed E-state index contributed by atoms with van der Waals surface area (Å²) in [5.74, 6) is 1.01. The fourth-order valence-corrected chi connectivity index (χ4v) is 5.51. The smallest absolute Gasteiger partial charge is 0.420 e. The zero-order chi connectivity index (χ0) is 28.2. The summed E-state index contributed by atoms with van der Waals surface area (Å²) < 4.78 is 54.6. The number of pyridine rings is 2. The van der Waals surface area contributed by atoms with Gasteiger partial charge in [0.05, 0.1) is 30.6 Å². The molecule has 2 saturated heterocycles. The lowest BCUT2D eigenvalue weighted by Gasteiger charge is -2.46. The number of rotatable bonds is 6. The second kappa shape index (κ2) is 10.1. The predicted octanol–water partition coefficient (Wildman–Crippen LogP) is 4.02. The lowest BCUT2D eigenvalue weighted by Crippen LogP contribution is -2.57. The van der Waals surface area contributed by atoms with Gasteiger partial charge in [0.1, 0.15) is 17.5 Å². The van der Waals surface area contributed by atoms with Crippen molar-refractivity contribution in [3.8, 4) is 16.9 Å². The van der Waals surface area contributed by atoms with Crippen molar-refractivity contribution in [1.29, 1.82) is 0 Å². The zero-order valence-corrected chi connectivity index (χ0v) is 22.3. The van der Waals surface area contributed by atoms with E-state index in [4.69, 9.17) is 9.47 Å². The summed E-state index contributed by atoms with van der Waals surface area (Å²) in [5.41, 5.74) is 2.85. The monoisotopic (exact) mass is 557 g/mol. The molecule has 2 bridgehead atoms. The van der Waals surface area contributed by atoms with Crippen LogP contribution in [0.3, 0.4) is 0 Å². The van der Waals surface area contributed by atoms with Gasteiger partial charge in [-0.15, -0.1) is 0 Å². The van der Waals surface area contributed by atoms with Gasteiger partial charge in [-0.25, -0.2) is 4.52 Å². The molecule has 2 aliphatic rings. The number of anilines is 2. The third-order valence-corrected chi connectivity index (χ3v) is 7.60. The number of aliphatic hydroxyl groups is 1.